The third kappa shape index (κ3) is 6.92. The number of phenols is 2. The van der Waals surface area contributed by atoms with Crippen LogP contribution in [0.15, 0.2) is 109 Å². The van der Waals surface area contributed by atoms with Crippen LogP contribution in [-0.4, -0.2) is 39.6 Å². The lowest BCUT2D eigenvalue weighted by atomic mass is 9.76. The smallest absolute Gasteiger partial charge is 0.321 e. The Morgan fingerprint density at radius 1 is 0.784 bits per heavy atom. The molecule has 0 aromatic heterocycles. The van der Waals surface area contributed by atoms with Gasteiger partial charge in [0.1, 0.15) is 6.04 Å². The molecule has 6 nitrogen and oxygen atoms in total. The number of nitrogens with one attached hydrogen (secondary N) is 1. The number of phenolic OH excluding ortho intramolecular Hbond substituents is 2. The van der Waals surface area contributed by atoms with Gasteiger partial charge < -0.3 is 21.1 Å². The van der Waals surface area contributed by atoms with Crippen molar-refractivity contribution < 1.29 is 20.1 Å². The zero-order valence-electron chi connectivity index (χ0n) is 20.4. The van der Waals surface area contributed by atoms with E-state index in [9.17, 15) is 9.90 Å². The van der Waals surface area contributed by atoms with Crippen molar-refractivity contribution in [3.8, 4) is 11.5 Å². The van der Waals surface area contributed by atoms with Gasteiger partial charge >= 0.3 is 5.97 Å². The number of carboxylic acids is 1. The average molecular weight is 517 g/mol. The molecule has 7 heteroatoms. The third-order valence-electron chi connectivity index (χ3n) is 5.96. The number of aliphatic carboxylic acids is 1. The fraction of sp³-hybridized carbons (Fsp3) is 0.167. The van der Waals surface area contributed by atoms with Crippen LogP contribution in [0.5, 0.6) is 11.5 Å². The minimum Gasteiger partial charge on any atom is -0.504 e. The first-order chi connectivity index (χ1) is 17.9. The van der Waals surface area contributed by atoms with Gasteiger partial charge in [-0.25, -0.2) is 0 Å². The van der Waals surface area contributed by atoms with Gasteiger partial charge in [-0.2, -0.15) is 12.6 Å². The maximum Gasteiger partial charge on any atom is 0.321 e. The van der Waals surface area contributed by atoms with Crippen molar-refractivity contribution in [2.45, 2.75) is 18.0 Å². The van der Waals surface area contributed by atoms with Crippen LogP contribution < -0.4 is 11.1 Å². The molecule has 0 amide bonds. The lowest BCUT2D eigenvalue weighted by Gasteiger charge is -2.39. The molecule has 0 heterocycles. The molecule has 6 N–H and O–H groups in total. The number of aromatic hydroxyl groups is 2. The number of hydrogen-bond donors (Lipinski definition) is 6. The van der Waals surface area contributed by atoms with Gasteiger partial charge in [-0.05, 0) is 47.4 Å². The number of thiol groups is 1. The summed E-state index contributed by atoms with van der Waals surface area (Å²) in [5.74, 6) is -0.919. The molecule has 1 unspecified atom stereocenters. The summed E-state index contributed by atoms with van der Waals surface area (Å²) in [6, 6.07) is 33.7. The fourth-order valence-electron chi connectivity index (χ4n) is 4.15. The Bertz CT molecular complexity index is 1160. The summed E-state index contributed by atoms with van der Waals surface area (Å²) in [7, 11) is 0. The fourth-order valence-corrected chi connectivity index (χ4v) is 4.40. The number of hydrogen-bond acceptors (Lipinski definition) is 6. The normalized spacial score (nSPS) is 11.7. The third-order valence-corrected chi connectivity index (χ3v) is 6.33. The Morgan fingerprint density at radius 3 is 1.59 bits per heavy atom. The average Bonchev–Trinajstić information content (AvgIpc) is 2.93. The van der Waals surface area contributed by atoms with E-state index in [0.29, 0.717) is 13.0 Å². The lowest BCUT2D eigenvalue weighted by molar-refractivity contribution is -0.139. The SMILES string of the molecule is NCCc1ccc(O)c(O)c1.O=C(O)C(CS)NC(c1ccccc1)(c1ccccc1)c1ccccc1. The molecule has 4 aromatic carbocycles. The monoisotopic (exact) mass is 516 g/mol. The first-order valence-corrected chi connectivity index (χ1v) is 12.5. The maximum absolute atomic E-state index is 11.8. The molecule has 0 saturated carbocycles. The second kappa shape index (κ2) is 13.5. The van der Waals surface area contributed by atoms with E-state index < -0.39 is 17.6 Å². The quantitative estimate of drug-likeness (QED) is 0.110. The van der Waals surface area contributed by atoms with Crippen LogP contribution >= 0.6 is 12.6 Å². The molecule has 0 aliphatic rings. The van der Waals surface area contributed by atoms with Crippen molar-refractivity contribution in [1.82, 2.24) is 5.32 Å². The summed E-state index contributed by atoms with van der Waals surface area (Å²) in [4.78, 5) is 11.8. The highest BCUT2D eigenvalue weighted by molar-refractivity contribution is 7.80. The first kappa shape index (κ1) is 27.8. The highest BCUT2D eigenvalue weighted by Gasteiger charge is 2.39. The van der Waals surface area contributed by atoms with Crippen LogP contribution in [0.25, 0.3) is 0 Å². The summed E-state index contributed by atoms with van der Waals surface area (Å²) in [5.41, 5.74) is 8.37. The highest BCUT2D eigenvalue weighted by Crippen LogP contribution is 2.37. The van der Waals surface area contributed by atoms with Crippen molar-refractivity contribution in [3.05, 3.63) is 131 Å². The zero-order valence-corrected chi connectivity index (χ0v) is 21.3. The van der Waals surface area contributed by atoms with Gasteiger partial charge in [0.05, 0.1) is 5.54 Å². The van der Waals surface area contributed by atoms with Gasteiger partial charge in [-0.1, -0.05) is 97.1 Å². The molecular formula is C30H32N2O4S. The molecular weight excluding hydrogens is 484 g/mol. The summed E-state index contributed by atoms with van der Waals surface area (Å²) < 4.78 is 0. The molecule has 1 atom stereocenters. The van der Waals surface area contributed by atoms with Gasteiger partial charge in [0.25, 0.3) is 0 Å². The Balaban J connectivity index is 0.000000289. The molecule has 0 saturated heterocycles. The molecule has 192 valence electrons. The summed E-state index contributed by atoms with van der Waals surface area (Å²) in [6.07, 6.45) is 0.716. The van der Waals surface area contributed by atoms with Gasteiger partial charge in [-0.15, -0.1) is 0 Å². The summed E-state index contributed by atoms with van der Waals surface area (Å²) >= 11 is 4.26. The van der Waals surface area contributed by atoms with Crippen molar-refractivity contribution in [1.29, 1.82) is 0 Å². The van der Waals surface area contributed by atoms with E-state index in [4.69, 9.17) is 15.9 Å². The number of carboxylic acid groups (broad SMARTS) is 1. The van der Waals surface area contributed by atoms with E-state index in [0.717, 1.165) is 22.3 Å². The number of nitrogens with two attached hydrogens (primary N) is 1. The van der Waals surface area contributed by atoms with E-state index in [1.54, 1.807) is 6.07 Å². The van der Waals surface area contributed by atoms with Crippen LogP contribution in [0.4, 0.5) is 0 Å². The maximum atomic E-state index is 11.8. The van der Waals surface area contributed by atoms with E-state index in [1.165, 1.54) is 12.1 Å². The molecule has 4 rings (SSSR count). The Labute approximate surface area is 222 Å². The highest BCUT2D eigenvalue weighted by atomic mass is 32.1. The topological polar surface area (TPSA) is 116 Å². The lowest BCUT2D eigenvalue weighted by Crippen LogP contribution is -2.53. The van der Waals surface area contributed by atoms with Crippen LogP contribution in [-0.2, 0) is 16.8 Å². The van der Waals surface area contributed by atoms with E-state index >= 15 is 0 Å². The number of benzene rings is 4. The zero-order chi connectivity index (χ0) is 26.7. The van der Waals surface area contributed by atoms with Gasteiger partial charge in [0.15, 0.2) is 11.5 Å². The van der Waals surface area contributed by atoms with Crippen LogP contribution in [0.3, 0.4) is 0 Å². The minimum atomic E-state index is -0.924. The minimum absolute atomic E-state index is 0.0871. The standard InChI is InChI=1S/C22H21NO2S.C8H11NO2/c24-21(25)20(16-26)23-22(17-10-4-1-5-11-17,18-12-6-2-7-13-18)19-14-8-3-9-15-19;9-4-3-6-1-2-7(10)8(11)5-6/h1-15,20,23,26H,16H2,(H,24,25);1-2,5,10-11H,3-4,9H2. The number of rotatable bonds is 9. The predicted molar refractivity (Wildman–Crippen MR) is 150 cm³/mol. The second-order valence-electron chi connectivity index (χ2n) is 8.43. The van der Waals surface area contributed by atoms with Crippen LogP contribution in [0.2, 0.25) is 0 Å². The van der Waals surface area contributed by atoms with Gasteiger partial charge in [0.2, 0.25) is 0 Å². The second-order valence-corrected chi connectivity index (χ2v) is 8.79. The van der Waals surface area contributed by atoms with E-state index in [1.807, 2.05) is 91.0 Å². The Kier molecular flexibility index (Phi) is 10.1. The molecule has 0 radical (unpaired) electrons. The molecule has 4 aromatic rings. The van der Waals surface area contributed by atoms with Crippen molar-refractivity contribution in [3.63, 3.8) is 0 Å². The van der Waals surface area contributed by atoms with Crippen molar-refractivity contribution in [2.75, 3.05) is 12.3 Å². The van der Waals surface area contributed by atoms with E-state index in [-0.39, 0.29) is 17.3 Å². The molecule has 37 heavy (non-hydrogen) atoms. The summed E-state index contributed by atoms with van der Waals surface area (Å²) in [5, 5.41) is 31.0. The van der Waals surface area contributed by atoms with Crippen LogP contribution in [0, 0.1) is 0 Å². The molecule has 0 aliphatic heterocycles. The molecule has 0 bridgehead atoms. The first-order valence-electron chi connectivity index (χ1n) is 11.9. The molecule has 0 fully saturated rings. The van der Waals surface area contributed by atoms with E-state index in [2.05, 4.69) is 17.9 Å². The van der Waals surface area contributed by atoms with Crippen molar-refractivity contribution in [2.24, 2.45) is 5.73 Å². The van der Waals surface area contributed by atoms with Crippen molar-refractivity contribution >= 4 is 18.6 Å². The Morgan fingerprint density at radius 2 is 1.24 bits per heavy atom. The van der Waals surface area contributed by atoms with Gasteiger partial charge in [-0.3, -0.25) is 10.1 Å². The van der Waals surface area contributed by atoms with Crippen LogP contribution in [0.1, 0.15) is 22.3 Å². The molecule has 0 aliphatic carbocycles. The summed E-state index contributed by atoms with van der Waals surface area (Å²) in [6.45, 7) is 0.546. The Hall–Kier alpha value is -3.78. The number of carbonyl (C=O) groups is 1. The molecule has 0 spiro atoms. The largest absolute Gasteiger partial charge is 0.504 e. The van der Waals surface area contributed by atoms with Gasteiger partial charge in [0, 0.05) is 5.75 Å². The predicted octanol–water partition coefficient (Wildman–Crippen LogP) is 4.55.